The number of benzene rings is 1. The molecule has 0 N–H and O–H groups in total. The summed E-state index contributed by atoms with van der Waals surface area (Å²) < 4.78 is 10.5. The summed E-state index contributed by atoms with van der Waals surface area (Å²) >= 11 is 0. The highest BCUT2D eigenvalue weighted by molar-refractivity contribution is 5.42. The van der Waals surface area contributed by atoms with E-state index < -0.39 is 0 Å². The normalized spacial score (nSPS) is 10.0. The molecule has 0 radical (unpaired) electrons. The van der Waals surface area contributed by atoms with Gasteiger partial charge in [-0.3, -0.25) is 4.98 Å². The highest BCUT2D eigenvalue weighted by atomic mass is 16.5. The van der Waals surface area contributed by atoms with Gasteiger partial charge in [0.1, 0.15) is 11.5 Å². The van der Waals surface area contributed by atoms with Gasteiger partial charge in [-0.2, -0.15) is 0 Å². The second-order valence-electron chi connectivity index (χ2n) is 3.72. The molecule has 88 valence electrons. The summed E-state index contributed by atoms with van der Waals surface area (Å²) in [7, 11) is 3.32. The van der Waals surface area contributed by atoms with Crippen LogP contribution in [0.5, 0.6) is 11.5 Å². The predicted octanol–water partition coefficient (Wildman–Crippen LogP) is 2.69. The van der Waals surface area contributed by atoms with E-state index in [-0.39, 0.29) is 0 Å². The van der Waals surface area contributed by atoms with E-state index in [0.717, 1.165) is 29.0 Å². The topological polar surface area (TPSA) is 31.4 Å². The molecule has 0 bridgehead atoms. The van der Waals surface area contributed by atoms with Gasteiger partial charge in [0.25, 0.3) is 0 Å². The Balaban J connectivity index is 2.26. The van der Waals surface area contributed by atoms with Crippen molar-refractivity contribution >= 4 is 0 Å². The van der Waals surface area contributed by atoms with Gasteiger partial charge in [0.15, 0.2) is 0 Å². The average molecular weight is 229 g/mol. The summed E-state index contributed by atoms with van der Waals surface area (Å²) in [5.41, 5.74) is 2.29. The Morgan fingerprint density at radius 1 is 1.12 bits per heavy atom. The van der Waals surface area contributed by atoms with Gasteiger partial charge in [-0.05, 0) is 23.3 Å². The molecule has 0 saturated carbocycles. The third-order valence-electron chi connectivity index (χ3n) is 2.61. The molecular formula is C14H15NO2. The molecule has 2 aromatic rings. The Morgan fingerprint density at radius 2 is 2.00 bits per heavy atom. The number of ether oxygens (including phenoxy) is 2. The quantitative estimate of drug-likeness (QED) is 0.807. The highest BCUT2D eigenvalue weighted by Crippen LogP contribution is 2.26. The van der Waals surface area contributed by atoms with Gasteiger partial charge in [-0.1, -0.05) is 12.1 Å². The van der Waals surface area contributed by atoms with E-state index in [1.807, 2.05) is 30.5 Å². The maximum absolute atomic E-state index is 5.36. The lowest BCUT2D eigenvalue weighted by Crippen LogP contribution is -1.95. The number of pyridine rings is 1. The third kappa shape index (κ3) is 2.75. The smallest absolute Gasteiger partial charge is 0.126 e. The van der Waals surface area contributed by atoms with Crippen LogP contribution in [0.15, 0.2) is 42.7 Å². The fourth-order valence-electron chi connectivity index (χ4n) is 1.72. The fraction of sp³-hybridized carbons (Fsp3) is 0.214. The molecular weight excluding hydrogens is 214 g/mol. The maximum atomic E-state index is 5.36. The van der Waals surface area contributed by atoms with E-state index in [1.165, 1.54) is 0 Å². The first-order chi connectivity index (χ1) is 8.33. The summed E-state index contributed by atoms with van der Waals surface area (Å²) in [5, 5.41) is 0. The van der Waals surface area contributed by atoms with Crippen molar-refractivity contribution in [2.75, 3.05) is 14.2 Å². The van der Waals surface area contributed by atoms with Crippen LogP contribution in [0.4, 0.5) is 0 Å². The van der Waals surface area contributed by atoms with E-state index in [1.54, 1.807) is 20.4 Å². The largest absolute Gasteiger partial charge is 0.497 e. The van der Waals surface area contributed by atoms with Crippen LogP contribution in [0.25, 0.3) is 0 Å². The van der Waals surface area contributed by atoms with Gasteiger partial charge >= 0.3 is 0 Å². The van der Waals surface area contributed by atoms with E-state index in [2.05, 4.69) is 11.1 Å². The average Bonchev–Trinajstić information content (AvgIpc) is 2.40. The number of hydrogen-bond acceptors (Lipinski definition) is 3. The molecule has 0 spiro atoms. The number of methoxy groups -OCH3 is 2. The molecule has 17 heavy (non-hydrogen) atoms. The van der Waals surface area contributed by atoms with E-state index in [4.69, 9.17) is 9.47 Å². The number of rotatable bonds is 4. The number of hydrogen-bond donors (Lipinski definition) is 0. The molecule has 0 unspecified atom stereocenters. The first-order valence-corrected chi connectivity index (χ1v) is 5.43. The van der Waals surface area contributed by atoms with E-state index in [0.29, 0.717) is 0 Å². The van der Waals surface area contributed by atoms with Crippen LogP contribution in [-0.2, 0) is 6.42 Å². The zero-order valence-electron chi connectivity index (χ0n) is 10.0. The molecule has 0 saturated heterocycles. The van der Waals surface area contributed by atoms with Crippen molar-refractivity contribution < 1.29 is 9.47 Å². The molecule has 0 aliphatic rings. The summed E-state index contributed by atoms with van der Waals surface area (Å²) in [4.78, 5) is 4.10. The Labute approximate surface area is 101 Å². The maximum Gasteiger partial charge on any atom is 0.126 e. The molecule has 0 aliphatic heterocycles. The van der Waals surface area contributed by atoms with Crippen molar-refractivity contribution in [3.63, 3.8) is 0 Å². The first kappa shape index (κ1) is 11.5. The molecule has 0 fully saturated rings. The summed E-state index contributed by atoms with van der Waals surface area (Å²) in [5.74, 6) is 1.64. The molecule has 3 nitrogen and oxygen atoms in total. The molecule has 2 rings (SSSR count). The minimum absolute atomic E-state index is 0.803. The zero-order valence-corrected chi connectivity index (χ0v) is 10.0. The first-order valence-electron chi connectivity index (χ1n) is 5.43. The summed E-state index contributed by atoms with van der Waals surface area (Å²) in [6.07, 6.45) is 4.44. The van der Waals surface area contributed by atoms with Crippen LogP contribution >= 0.6 is 0 Å². The Kier molecular flexibility index (Phi) is 3.60. The van der Waals surface area contributed by atoms with Crippen molar-refractivity contribution in [3.8, 4) is 11.5 Å². The number of aromatic nitrogens is 1. The minimum Gasteiger partial charge on any atom is -0.497 e. The van der Waals surface area contributed by atoms with E-state index in [9.17, 15) is 0 Å². The van der Waals surface area contributed by atoms with Gasteiger partial charge in [-0.15, -0.1) is 0 Å². The van der Waals surface area contributed by atoms with Crippen LogP contribution in [0, 0.1) is 0 Å². The molecule has 3 heteroatoms. The van der Waals surface area contributed by atoms with Crippen LogP contribution in [0.1, 0.15) is 11.1 Å². The Hall–Kier alpha value is -2.03. The monoisotopic (exact) mass is 229 g/mol. The van der Waals surface area contributed by atoms with Crippen molar-refractivity contribution in [1.29, 1.82) is 0 Å². The van der Waals surface area contributed by atoms with Gasteiger partial charge < -0.3 is 9.47 Å². The molecule has 1 aromatic carbocycles. The fourth-order valence-corrected chi connectivity index (χ4v) is 1.72. The van der Waals surface area contributed by atoms with Crippen LogP contribution < -0.4 is 9.47 Å². The van der Waals surface area contributed by atoms with Crippen molar-refractivity contribution in [2.24, 2.45) is 0 Å². The second kappa shape index (κ2) is 5.34. The Morgan fingerprint density at radius 3 is 2.65 bits per heavy atom. The second-order valence-corrected chi connectivity index (χ2v) is 3.72. The highest BCUT2D eigenvalue weighted by Gasteiger charge is 2.05. The summed E-state index contributed by atoms with van der Waals surface area (Å²) in [6.45, 7) is 0. The zero-order chi connectivity index (χ0) is 12.1. The summed E-state index contributed by atoms with van der Waals surface area (Å²) in [6, 6.07) is 9.84. The lowest BCUT2D eigenvalue weighted by Gasteiger charge is -2.10. The SMILES string of the molecule is COc1ccc(Cc2cccnc2)c(OC)c1. The van der Waals surface area contributed by atoms with Crippen molar-refractivity contribution in [1.82, 2.24) is 4.98 Å². The van der Waals surface area contributed by atoms with Gasteiger partial charge in [0, 0.05) is 24.9 Å². The minimum atomic E-state index is 0.803. The molecule has 0 atom stereocenters. The van der Waals surface area contributed by atoms with Crippen LogP contribution in [0.3, 0.4) is 0 Å². The standard InChI is InChI=1S/C14H15NO2/c1-16-13-6-5-12(14(9-13)17-2)8-11-4-3-7-15-10-11/h3-7,9-10H,8H2,1-2H3. The van der Waals surface area contributed by atoms with Gasteiger partial charge in [0.2, 0.25) is 0 Å². The van der Waals surface area contributed by atoms with Crippen molar-refractivity contribution in [3.05, 3.63) is 53.9 Å². The number of nitrogens with zero attached hydrogens (tertiary/aromatic N) is 1. The lowest BCUT2D eigenvalue weighted by atomic mass is 10.1. The van der Waals surface area contributed by atoms with E-state index >= 15 is 0 Å². The predicted molar refractivity (Wildman–Crippen MR) is 66.6 cm³/mol. The third-order valence-corrected chi connectivity index (χ3v) is 2.61. The lowest BCUT2D eigenvalue weighted by molar-refractivity contribution is 0.391. The van der Waals surface area contributed by atoms with Crippen LogP contribution in [0.2, 0.25) is 0 Å². The molecule has 1 heterocycles. The van der Waals surface area contributed by atoms with Crippen molar-refractivity contribution in [2.45, 2.75) is 6.42 Å². The van der Waals surface area contributed by atoms with Gasteiger partial charge in [-0.25, -0.2) is 0 Å². The molecule has 0 aliphatic carbocycles. The Bertz CT molecular complexity index is 483. The molecule has 1 aromatic heterocycles. The van der Waals surface area contributed by atoms with Gasteiger partial charge in [0.05, 0.1) is 14.2 Å². The van der Waals surface area contributed by atoms with Crippen LogP contribution in [-0.4, -0.2) is 19.2 Å². The molecule has 0 amide bonds.